The van der Waals surface area contributed by atoms with Crippen LogP contribution in [0.1, 0.15) is 100.0 Å². The Morgan fingerprint density at radius 2 is 1.33 bits per heavy atom. The molecular formula is C33H53ClN4O8. The van der Waals surface area contributed by atoms with Gasteiger partial charge in [-0.3, -0.25) is 9.59 Å². The van der Waals surface area contributed by atoms with E-state index >= 15 is 0 Å². The molecule has 1 aromatic carbocycles. The molecule has 0 bridgehead atoms. The first kappa shape index (κ1) is 40.6. The van der Waals surface area contributed by atoms with E-state index in [1.807, 2.05) is 6.07 Å². The molecule has 0 saturated carbocycles. The average Bonchev–Trinajstić information content (AvgIpc) is 2.88. The summed E-state index contributed by atoms with van der Waals surface area (Å²) in [6.45, 7) is 15.9. The number of nitrogens with two attached hydrogens (primary N) is 1. The summed E-state index contributed by atoms with van der Waals surface area (Å²) in [7, 11) is 0. The van der Waals surface area contributed by atoms with E-state index < -0.39 is 52.8 Å². The highest BCUT2D eigenvalue weighted by Crippen LogP contribution is 2.17. The SMILES string of the molecule is CC(C)(C)OC(=O)CC[C@H](NC(=O)N[C@@H](CCCCN(Cc1cccc(Cl)c1)C(=O)CN)C(=O)OC(C)(C)C)C(=O)OC(C)(C)C. The van der Waals surface area contributed by atoms with E-state index in [9.17, 15) is 24.0 Å². The van der Waals surface area contributed by atoms with E-state index in [2.05, 4.69) is 10.6 Å². The summed E-state index contributed by atoms with van der Waals surface area (Å²) in [5.41, 5.74) is 4.11. The van der Waals surface area contributed by atoms with Gasteiger partial charge in [-0.15, -0.1) is 0 Å². The van der Waals surface area contributed by atoms with Crippen molar-refractivity contribution < 1.29 is 38.2 Å². The molecule has 12 nitrogen and oxygen atoms in total. The van der Waals surface area contributed by atoms with Gasteiger partial charge in [0.15, 0.2) is 0 Å². The average molecular weight is 669 g/mol. The zero-order chi connectivity index (χ0) is 35.3. The van der Waals surface area contributed by atoms with Crippen LogP contribution >= 0.6 is 11.6 Å². The van der Waals surface area contributed by atoms with Crippen LogP contribution in [0.4, 0.5) is 4.79 Å². The third-order valence-electron chi connectivity index (χ3n) is 6.01. The molecule has 1 rings (SSSR count). The van der Waals surface area contributed by atoms with Crippen LogP contribution < -0.4 is 16.4 Å². The van der Waals surface area contributed by atoms with Crippen LogP contribution in [0.5, 0.6) is 0 Å². The number of carbonyl (C=O) groups excluding carboxylic acids is 5. The monoisotopic (exact) mass is 668 g/mol. The first-order chi connectivity index (χ1) is 21.1. The smallest absolute Gasteiger partial charge is 0.329 e. The van der Waals surface area contributed by atoms with Gasteiger partial charge in [0.2, 0.25) is 5.91 Å². The van der Waals surface area contributed by atoms with Crippen molar-refractivity contribution in [2.75, 3.05) is 13.1 Å². The molecule has 0 aliphatic carbocycles. The van der Waals surface area contributed by atoms with E-state index in [0.717, 1.165) is 5.56 Å². The first-order valence-electron chi connectivity index (χ1n) is 15.6. The fourth-order valence-electron chi connectivity index (χ4n) is 4.18. The Bertz CT molecular complexity index is 1190. The molecule has 13 heteroatoms. The van der Waals surface area contributed by atoms with E-state index in [1.165, 1.54) is 0 Å². The molecule has 0 unspecified atom stereocenters. The number of amides is 3. The summed E-state index contributed by atoms with van der Waals surface area (Å²) in [5, 5.41) is 5.73. The minimum Gasteiger partial charge on any atom is -0.460 e. The minimum atomic E-state index is -1.19. The molecule has 0 spiro atoms. The van der Waals surface area contributed by atoms with Gasteiger partial charge < -0.3 is 35.5 Å². The van der Waals surface area contributed by atoms with Crippen molar-refractivity contribution in [2.45, 2.75) is 130 Å². The van der Waals surface area contributed by atoms with E-state index in [-0.39, 0.29) is 31.7 Å². The maximum atomic E-state index is 13.1. The second kappa shape index (κ2) is 18.1. The van der Waals surface area contributed by atoms with E-state index in [4.69, 9.17) is 31.5 Å². The van der Waals surface area contributed by atoms with Crippen LogP contribution in [0.25, 0.3) is 0 Å². The second-order valence-electron chi connectivity index (χ2n) is 14.1. The highest BCUT2D eigenvalue weighted by Gasteiger charge is 2.31. The lowest BCUT2D eigenvalue weighted by Gasteiger charge is -2.27. The van der Waals surface area contributed by atoms with Crippen molar-refractivity contribution in [3.05, 3.63) is 34.9 Å². The molecule has 1 aromatic rings. The van der Waals surface area contributed by atoms with Gasteiger partial charge in [-0.2, -0.15) is 0 Å². The summed E-state index contributed by atoms with van der Waals surface area (Å²) in [5.74, 6) is -2.16. The Balaban J connectivity index is 2.98. The van der Waals surface area contributed by atoms with Gasteiger partial charge in [-0.05, 0) is 106 Å². The Kier molecular flexibility index (Phi) is 16.0. The van der Waals surface area contributed by atoms with Gasteiger partial charge in [0.25, 0.3) is 0 Å². The lowest BCUT2D eigenvalue weighted by atomic mass is 10.1. The molecule has 260 valence electrons. The number of rotatable bonds is 15. The number of nitrogens with one attached hydrogen (secondary N) is 2. The van der Waals surface area contributed by atoms with Gasteiger partial charge >= 0.3 is 23.9 Å². The molecule has 0 fully saturated rings. The number of nitrogens with zero attached hydrogens (tertiary/aromatic N) is 1. The number of hydrogen-bond acceptors (Lipinski definition) is 9. The zero-order valence-electron chi connectivity index (χ0n) is 28.8. The fourth-order valence-corrected chi connectivity index (χ4v) is 4.40. The summed E-state index contributed by atoms with van der Waals surface area (Å²) in [6.07, 6.45) is 0.920. The van der Waals surface area contributed by atoms with Crippen LogP contribution in [-0.2, 0) is 39.9 Å². The number of carbonyl (C=O) groups is 5. The molecule has 0 aliphatic heterocycles. The third-order valence-corrected chi connectivity index (χ3v) is 6.25. The molecule has 0 radical (unpaired) electrons. The van der Waals surface area contributed by atoms with Crippen molar-refractivity contribution in [1.82, 2.24) is 15.5 Å². The standard InChI is InChI=1S/C33H53ClN4O8/c1-31(2,3)44-27(40)17-16-25(29(42)46-33(7,8)9)37-30(43)36-24(28(41)45-32(4,5)6)15-10-11-18-38(26(39)20-35)21-22-13-12-14-23(34)19-22/h12-14,19,24-25H,10-11,15-18,20-21,35H2,1-9H3,(H2,36,37,43)/t24-,25-/m0/s1. The van der Waals surface area contributed by atoms with Crippen molar-refractivity contribution in [3.8, 4) is 0 Å². The largest absolute Gasteiger partial charge is 0.460 e. The van der Waals surface area contributed by atoms with Crippen LogP contribution in [-0.4, -0.2) is 76.7 Å². The van der Waals surface area contributed by atoms with Gasteiger partial charge in [0.1, 0.15) is 28.9 Å². The zero-order valence-corrected chi connectivity index (χ0v) is 29.5. The summed E-state index contributed by atoms with van der Waals surface area (Å²) in [6, 6.07) is 4.13. The van der Waals surface area contributed by atoms with Gasteiger partial charge in [0.05, 0.1) is 6.54 Å². The van der Waals surface area contributed by atoms with E-state index in [0.29, 0.717) is 31.0 Å². The molecular weight excluding hydrogens is 616 g/mol. The van der Waals surface area contributed by atoms with Crippen LogP contribution in [0.15, 0.2) is 24.3 Å². The maximum absolute atomic E-state index is 13.1. The number of halogens is 1. The quantitative estimate of drug-likeness (QED) is 0.137. The molecule has 0 saturated heterocycles. The van der Waals surface area contributed by atoms with Crippen molar-refractivity contribution in [2.24, 2.45) is 5.73 Å². The molecule has 46 heavy (non-hydrogen) atoms. The summed E-state index contributed by atoms with van der Waals surface area (Å²) >= 11 is 6.09. The molecule has 3 amide bonds. The van der Waals surface area contributed by atoms with Crippen LogP contribution in [0.3, 0.4) is 0 Å². The summed E-state index contributed by atoms with van der Waals surface area (Å²) < 4.78 is 16.3. The maximum Gasteiger partial charge on any atom is 0.329 e. The van der Waals surface area contributed by atoms with Crippen molar-refractivity contribution in [3.63, 3.8) is 0 Å². The molecule has 0 aromatic heterocycles. The summed E-state index contributed by atoms with van der Waals surface area (Å²) in [4.78, 5) is 65.6. The number of unbranched alkanes of at least 4 members (excludes halogenated alkanes) is 1. The molecule has 4 N–H and O–H groups in total. The lowest BCUT2D eigenvalue weighted by molar-refractivity contribution is -0.159. The Labute approximate surface area is 278 Å². The second-order valence-corrected chi connectivity index (χ2v) is 14.5. The normalized spacial score (nSPS) is 13.2. The topological polar surface area (TPSA) is 166 Å². The number of hydrogen-bond donors (Lipinski definition) is 3. The first-order valence-corrected chi connectivity index (χ1v) is 15.9. The predicted octanol–water partition coefficient (Wildman–Crippen LogP) is 4.64. The Morgan fingerprint density at radius 1 is 0.804 bits per heavy atom. The molecule has 0 aliphatic rings. The van der Waals surface area contributed by atoms with Gasteiger partial charge in [-0.1, -0.05) is 23.7 Å². The highest BCUT2D eigenvalue weighted by molar-refractivity contribution is 6.30. The third kappa shape index (κ3) is 17.9. The van der Waals surface area contributed by atoms with Crippen LogP contribution in [0.2, 0.25) is 5.02 Å². The number of benzene rings is 1. The molecule has 0 heterocycles. The highest BCUT2D eigenvalue weighted by atomic mass is 35.5. The van der Waals surface area contributed by atoms with E-state index in [1.54, 1.807) is 85.4 Å². The minimum absolute atomic E-state index is 0.0774. The lowest BCUT2D eigenvalue weighted by Crippen LogP contribution is -2.53. The van der Waals surface area contributed by atoms with Crippen LogP contribution in [0, 0.1) is 0 Å². The van der Waals surface area contributed by atoms with Gasteiger partial charge in [-0.25, -0.2) is 14.4 Å². The fraction of sp³-hybridized carbons (Fsp3) is 0.667. The molecule has 2 atom stereocenters. The number of esters is 3. The Hall–Kier alpha value is -3.38. The number of urea groups is 1. The predicted molar refractivity (Wildman–Crippen MR) is 176 cm³/mol. The van der Waals surface area contributed by atoms with Gasteiger partial charge in [0, 0.05) is 24.5 Å². The number of ether oxygens (including phenoxy) is 3. The van der Waals surface area contributed by atoms with Crippen molar-refractivity contribution in [1.29, 1.82) is 0 Å². The van der Waals surface area contributed by atoms with Crippen molar-refractivity contribution >= 4 is 41.4 Å². The Morgan fingerprint density at radius 3 is 1.80 bits per heavy atom.